The van der Waals surface area contributed by atoms with Crippen LogP contribution in [0.2, 0.25) is 0 Å². The summed E-state index contributed by atoms with van der Waals surface area (Å²) in [5.74, 6) is 0.213. The lowest BCUT2D eigenvalue weighted by Crippen LogP contribution is -2.32. The van der Waals surface area contributed by atoms with Gasteiger partial charge in [0.1, 0.15) is 0 Å². The van der Waals surface area contributed by atoms with E-state index in [0.29, 0.717) is 6.42 Å². The van der Waals surface area contributed by atoms with E-state index in [0.717, 1.165) is 25.2 Å². The average Bonchev–Trinajstić information content (AvgIpc) is 2.18. The molecule has 1 aliphatic rings. The maximum atomic E-state index is 11.3. The van der Waals surface area contributed by atoms with E-state index in [1.807, 2.05) is 6.92 Å². The highest BCUT2D eigenvalue weighted by Crippen LogP contribution is 2.10. The molecule has 0 amide bonds. The largest absolute Gasteiger partial charge is 0.299 e. The van der Waals surface area contributed by atoms with Crippen LogP contribution in [0.25, 0.3) is 0 Å². The fraction of sp³-hybridized carbons (Fsp3) is 0.727. The number of rotatable bonds is 4. The molecule has 0 atom stereocenters. The molecule has 0 aromatic heterocycles. The van der Waals surface area contributed by atoms with Crippen molar-refractivity contribution in [1.29, 1.82) is 0 Å². The van der Waals surface area contributed by atoms with Crippen LogP contribution in [-0.4, -0.2) is 30.3 Å². The van der Waals surface area contributed by atoms with Crippen LogP contribution in [0.4, 0.5) is 0 Å². The van der Waals surface area contributed by atoms with Crippen molar-refractivity contribution in [1.82, 2.24) is 4.90 Å². The molecule has 0 aromatic carbocycles. The van der Waals surface area contributed by atoms with E-state index in [2.05, 4.69) is 11.5 Å². The summed E-state index contributed by atoms with van der Waals surface area (Å²) in [6.45, 7) is 8.78. The molecule has 2 nitrogen and oxygen atoms in total. The highest BCUT2D eigenvalue weighted by molar-refractivity contribution is 5.94. The molecule has 1 aliphatic heterocycles. The Balaban J connectivity index is 2.30. The van der Waals surface area contributed by atoms with Crippen LogP contribution < -0.4 is 0 Å². The summed E-state index contributed by atoms with van der Waals surface area (Å²) < 4.78 is 0. The molecule has 0 N–H and O–H groups in total. The van der Waals surface area contributed by atoms with Gasteiger partial charge in [0.25, 0.3) is 0 Å². The Morgan fingerprint density at radius 2 is 1.92 bits per heavy atom. The van der Waals surface area contributed by atoms with Crippen LogP contribution in [0.1, 0.15) is 32.6 Å². The quantitative estimate of drug-likeness (QED) is 0.618. The van der Waals surface area contributed by atoms with Gasteiger partial charge in [-0.25, -0.2) is 0 Å². The Bertz CT molecular complexity index is 192. The highest BCUT2D eigenvalue weighted by Gasteiger charge is 2.13. The molecule has 0 aromatic rings. The standard InChI is InChI=1S/C11H19NO/c1-3-11(13)10(2)9-12-7-5-4-6-8-12/h2-9H2,1H3. The van der Waals surface area contributed by atoms with E-state index < -0.39 is 0 Å². The van der Waals surface area contributed by atoms with Crippen LogP contribution in [0.5, 0.6) is 0 Å². The summed E-state index contributed by atoms with van der Waals surface area (Å²) in [4.78, 5) is 13.6. The molecule has 1 saturated heterocycles. The van der Waals surface area contributed by atoms with Crippen molar-refractivity contribution in [2.24, 2.45) is 0 Å². The fourth-order valence-electron chi connectivity index (χ4n) is 1.73. The first-order chi connectivity index (χ1) is 6.24. The molecule has 0 aliphatic carbocycles. The lowest BCUT2D eigenvalue weighted by atomic mass is 10.1. The van der Waals surface area contributed by atoms with Crippen LogP contribution >= 0.6 is 0 Å². The maximum absolute atomic E-state index is 11.3. The molecule has 13 heavy (non-hydrogen) atoms. The van der Waals surface area contributed by atoms with Crippen molar-refractivity contribution in [2.75, 3.05) is 19.6 Å². The molecule has 0 saturated carbocycles. The molecule has 0 radical (unpaired) electrons. The van der Waals surface area contributed by atoms with E-state index in [-0.39, 0.29) is 5.78 Å². The van der Waals surface area contributed by atoms with Gasteiger partial charge in [0.2, 0.25) is 0 Å². The third-order valence-electron chi connectivity index (χ3n) is 2.58. The number of nitrogens with zero attached hydrogens (tertiary/aromatic N) is 1. The zero-order valence-electron chi connectivity index (χ0n) is 8.51. The summed E-state index contributed by atoms with van der Waals surface area (Å²) in [5, 5.41) is 0. The zero-order valence-corrected chi connectivity index (χ0v) is 8.51. The Kier molecular flexibility index (Phi) is 4.16. The van der Waals surface area contributed by atoms with E-state index in [4.69, 9.17) is 0 Å². The van der Waals surface area contributed by atoms with Crippen molar-refractivity contribution >= 4 is 5.78 Å². The zero-order chi connectivity index (χ0) is 9.68. The van der Waals surface area contributed by atoms with Gasteiger partial charge in [-0.2, -0.15) is 0 Å². The molecule has 1 heterocycles. The molecule has 1 rings (SSSR count). The van der Waals surface area contributed by atoms with Crippen LogP contribution in [-0.2, 0) is 4.79 Å². The van der Waals surface area contributed by atoms with Gasteiger partial charge in [0.15, 0.2) is 5.78 Å². The first-order valence-electron chi connectivity index (χ1n) is 5.17. The Hall–Kier alpha value is -0.630. The molecular formula is C11H19NO. The van der Waals surface area contributed by atoms with Gasteiger partial charge in [-0.3, -0.25) is 9.69 Å². The number of Topliss-reactive ketones (excluding diaryl/α,β-unsaturated/α-hetero) is 1. The van der Waals surface area contributed by atoms with Crippen LogP contribution in [0.3, 0.4) is 0 Å². The second-order valence-corrected chi connectivity index (χ2v) is 3.72. The summed E-state index contributed by atoms with van der Waals surface area (Å²) in [5.41, 5.74) is 0.782. The van der Waals surface area contributed by atoms with Crippen molar-refractivity contribution in [2.45, 2.75) is 32.6 Å². The Labute approximate surface area is 80.6 Å². The van der Waals surface area contributed by atoms with Gasteiger partial charge in [-0.05, 0) is 25.9 Å². The second-order valence-electron chi connectivity index (χ2n) is 3.72. The van der Waals surface area contributed by atoms with Crippen LogP contribution in [0.15, 0.2) is 12.2 Å². The molecule has 0 spiro atoms. The minimum absolute atomic E-state index is 0.213. The third kappa shape index (κ3) is 3.31. The summed E-state index contributed by atoms with van der Waals surface area (Å²) in [6, 6.07) is 0. The number of ketones is 1. The lowest BCUT2D eigenvalue weighted by Gasteiger charge is -2.26. The number of carbonyl (C=O) groups excluding carboxylic acids is 1. The second kappa shape index (κ2) is 5.18. The number of hydrogen-bond donors (Lipinski definition) is 0. The summed E-state index contributed by atoms with van der Waals surface area (Å²) in [6.07, 6.45) is 4.47. The maximum Gasteiger partial charge on any atom is 0.159 e. The fourth-order valence-corrected chi connectivity index (χ4v) is 1.73. The van der Waals surface area contributed by atoms with Crippen molar-refractivity contribution < 1.29 is 4.79 Å². The molecule has 1 fully saturated rings. The molecule has 74 valence electrons. The average molecular weight is 181 g/mol. The summed E-state index contributed by atoms with van der Waals surface area (Å²) in [7, 11) is 0. The number of piperidine rings is 1. The molecular weight excluding hydrogens is 162 g/mol. The first kappa shape index (κ1) is 10.5. The van der Waals surface area contributed by atoms with Gasteiger partial charge in [-0.1, -0.05) is 19.9 Å². The van der Waals surface area contributed by atoms with Crippen molar-refractivity contribution in [3.05, 3.63) is 12.2 Å². The monoisotopic (exact) mass is 181 g/mol. The Morgan fingerprint density at radius 1 is 1.31 bits per heavy atom. The minimum atomic E-state index is 0.213. The van der Waals surface area contributed by atoms with E-state index in [1.165, 1.54) is 19.3 Å². The van der Waals surface area contributed by atoms with E-state index in [9.17, 15) is 4.79 Å². The predicted molar refractivity (Wildman–Crippen MR) is 54.7 cm³/mol. The van der Waals surface area contributed by atoms with Crippen molar-refractivity contribution in [3.63, 3.8) is 0 Å². The van der Waals surface area contributed by atoms with Gasteiger partial charge in [0.05, 0.1) is 0 Å². The predicted octanol–water partition coefficient (Wildman–Crippen LogP) is 2.01. The third-order valence-corrected chi connectivity index (χ3v) is 2.58. The van der Waals surface area contributed by atoms with Gasteiger partial charge in [-0.15, -0.1) is 0 Å². The topological polar surface area (TPSA) is 20.3 Å². The van der Waals surface area contributed by atoms with E-state index >= 15 is 0 Å². The highest BCUT2D eigenvalue weighted by atomic mass is 16.1. The van der Waals surface area contributed by atoms with Gasteiger partial charge < -0.3 is 0 Å². The SMILES string of the molecule is C=C(CN1CCCCC1)C(=O)CC. The van der Waals surface area contributed by atoms with Gasteiger partial charge in [0, 0.05) is 18.5 Å². The molecule has 0 unspecified atom stereocenters. The van der Waals surface area contributed by atoms with Crippen molar-refractivity contribution in [3.8, 4) is 0 Å². The molecule has 0 bridgehead atoms. The first-order valence-corrected chi connectivity index (χ1v) is 5.17. The van der Waals surface area contributed by atoms with Gasteiger partial charge >= 0.3 is 0 Å². The Morgan fingerprint density at radius 3 is 2.46 bits per heavy atom. The smallest absolute Gasteiger partial charge is 0.159 e. The normalized spacial score (nSPS) is 18.5. The number of hydrogen-bond acceptors (Lipinski definition) is 2. The summed E-state index contributed by atoms with van der Waals surface area (Å²) >= 11 is 0. The number of carbonyl (C=O) groups is 1. The molecule has 2 heteroatoms. The lowest BCUT2D eigenvalue weighted by molar-refractivity contribution is -0.115. The number of likely N-dealkylation sites (tertiary alicyclic amines) is 1. The van der Waals surface area contributed by atoms with E-state index in [1.54, 1.807) is 0 Å². The minimum Gasteiger partial charge on any atom is -0.299 e. The van der Waals surface area contributed by atoms with Crippen LogP contribution in [0, 0.1) is 0 Å².